The van der Waals surface area contributed by atoms with Crippen LogP contribution in [0.5, 0.6) is 5.75 Å². The van der Waals surface area contributed by atoms with Crippen molar-refractivity contribution in [3.63, 3.8) is 0 Å². The Hall–Kier alpha value is -3.73. The number of hydrazone groups is 1. The van der Waals surface area contributed by atoms with E-state index in [1.165, 1.54) is 6.21 Å². The van der Waals surface area contributed by atoms with E-state index in [0.29, 0.717) is 17.7 Å². The number of hydrogen-bond acceptors (Lipinski definition) is 4. The van der Waals surface area contributed by atoms with Crippen LogP contribution in [-0.4, -0.2) is 23.0 Å². The number of nitrogens with zero attached hydrogens (tertiary/aromatic N) is 2. The molecule has 132 valence electrons. The molecule has 0 fully saturated rings. The summed E-state index contributed by atoms with van der Waals surface area (Å²) in [5.41, 5.74) is 2.61. The molecular formula is C22H16N2O3. The van der Waals surface area contributed by atoms with E-state index in [1.807, 2.05) is 54.6 Å². The second-order valence-corrected chi connectivity index (χ2v) is 6.06. The third kappa shape index (κ3) is 3.48. The summed E-state index contributed by atoms with van der Waals surface area (Å²) in [6.45, 7) is 0.489. The molecule has 0 bridgehead atoms. The van der Waals surface area contributed by atoms with E-state index in [-0.39, 0.29) is 0 Å². The van der Waals surface area contributed by atoms with Crippen LogP contribution >= 0.6 is 0 Å². The van der Waals surface area contributed by atoms with Crippen molar-refractivity contribution < 1.29 is 14.3 Å². The lowest BCUT2D eigenvalue weighted by Gasteiger charge is -2.07. The maximum absolute atomic E-state index is 12.3. The molecule has 1 aliphatic rings. The van der Waals surface area contributed by atoms with Gasteiger partial charge in [0.05, 0.1) is 17.3 Å². The summed E-state index contributed by atoms with van der Waals surface area (Å²) in [5, 5.41) is 4.96. The second kappa shape index (κ2) is 7.25. The van der Waals surface area contributed by atoms with Gasteiger partial charge in [-0.15, -0.1) is 0 Å². The number of rotatable bonds is 5. The van der Waals surface area contributed by atoms with Crippen molar-refractivity contribution in [1.29, 1.82) is 0 Å². The predicted molar refractivity (Wildman–Crippen MR) is 102 cm³/mol. The fourth-order valence-corrected chi connectivity index (χ4v) is 2.80. The van der Waals surface area contributed by atoms with E-state index in [9.17, 15) is 9.59 Å². The monoisotopic (exact) mass is 356 g/mol. The molecule has 1 heterocycles. The maximum Gasteiger partial charge on any atom is 0.282 e. The molecule has 0 spiro atoms. The van der Waals surface area contributed by atoms with Gasteiger partial charge in [0.25, 0.3) is 11.8 Å². The molecule has 1 aliphatic heterocycles. The first kappa shape index (κ1) is 16.7. The van der Waals surface area contributed by atoms with Crippen LogP contribution in [0.25, 0.3) is 0 Å². The standard InChI is InChI=1S/C22H16N2O3/c25-21-19-8-4-5-9-20(19)22(26)24(21)23-14-16-10-12-18(13-11-16)27-15-17-6-2-1-3-7-17/h1-14H,15H2/b23-14-. The zero-order valence-corrected chi connectivity index (χ0v) is 14.4. The smallest absolute Gasteiger partial charge is 0.282 e. The van der Waals surface area contributed by atoms with Gasteiger partial charge in [0.2, 0.25) is 0 Å². The predicted octanol–water partition coefficient (Wildman–Crippen LogP) is 3.90. The number of imide groups is 1. The molecule has 0 N–H and O–H groups in total. The summed E-state index contributed by atoms with van der Waals surface area (Å²) in [6.07, 6.45) is 1.49. The first-order chi connectivity index (χ1) is 13.2. The number of ether oxygens (including phenoxy) is 1. The van der Waals surface area contributed by atoms with E-state index < -0.39 is 11.8 Å². The highest BCUT2D eigenvalue weighted by Crippen LogP contribution is 2.22. The fourth-order valence-electron chi connectivity index (χ4n) is 2.80. The molecule has 0 aliphatic carbocycles. The molecule has 3 aromatic rings. The van der Waals surface area contributed by atoms with Crippen LogP contribution in [0.1, 0.15) is 31.8 Å². The second-order valence-electron chi connectivity index (χ2n) is 6.06. The summed E-state index contributed by atoms with van der Waals surface area (Å²) in [4.78, 5) is 24.5. The fraction of sp³-hybridized carbons (Fsp3) is 0.0455. The van der Waals surface area contributed by atoms with Crippen LogP contribution in [0.2, 0.25) is 0 Å². The molecule has 2 amide bonds. The normalized spacial score (nSPS) is 13.3. The van der Waals surface area contributed by atoms with Crippen LogP contribution in [0.15, 0.2) is 84.0 Å². The lowest BCUT2D eigenvalue weighted by atomic mass is 10.1. The lowest BCUT2D eigenvalue weighted by Crippen LogP contribution is -2.23. The Morgan fingerprint density at radius 3 is 2.00 bits per heavy atom. The average Bonchev–Trinajstić information content (AvgIpc) is 2.97. The average molecular weight is 356 g/mol. The van der Waals surface area contributed by atoms with Gasteiger partial charge < -0.3 is 4.74 Å². The molecule has 0 radical (unpaired) electrons. The lowest BCUT2D eigenvalue weighted by molar-refractivity contribution is 0.0660. The summed E-state index contributed by atoms with van der Waals surface area (Å²) in [5.74, 6) is -0.0823. The van der Waals surface area contributed by atoms with E-state index in [0.717, 1.165) is 21.9 Å². The number of benzene rings is 3. The SMILES string of the molecule is O=C1c2ccccc2C(=O)N1/N=C\c1ccc(OCc2ccccc2)cc1. The first-order valence-corrected chi connectivity index (χ1v) is 8.51. The Morgan fingerprint density at radius 2 is 1.37 bits per heavy atom. The van der Waals surface area contributed by atoms with Crippen molar-refractivity contribution in [2.75, 3.05) is 0 Å². The van der Waals surface area contributed by atoms with Gasteiger partial charge in [0, 0.05) is 0 Å². The minimum atomic E-state index is -0.408. The van der Waals surface area contributed by atoms with Crippen molar-refractivity contribution in [2.45, 2.75) is 6.61 Å². The highest BCUT2D eigenvalue weighted by atomic mass is 16.5. The van der Waals surface area contributed by atoms with Crippen LogP contribution in [0, 0.1) is 0 Å². The van der Waals surface area contributed by atoms with Gasteiger partial charge >= 0.3 is 0 Å². The number of carbonyl (C=O) groups excluding carboxylic acids is 2. The maximum atomic E-state index is 12.3. The van der Waals surface area contributed by atoms with Crippen molar-refractivity contribution in [3.05, 3.63) is 101 Å². The highest BCUT2D eigenvalue weighted by molar-refractivity contribution is 6.21. The number of fused-ring (bicyclic) bond motifs is 1. The van der Waals surface area contributed by atoms with Gasteiger partial charge in [-0.05, 0) is 47.5 Å². The summed E-state index contributed by atoms with van der Waals surface area (Å²) >= 11 is 0. The summed E-state index contributed by atoms with van der Waals surface area (Å²) < 4.78 is 5.74. The van der Waals surface area contributed by atoms with E-state index in [1.54, 1.807) is 24.3 Å². The van der Waals surface area contributed by atoms with Gasteiger partial charge in [-0.2, -0.15) is 10.1 Å². The largest absolute Gasteiger partial charge is 0.489 e. The third-order valence-corrected chi connectivity index (χ3v) is 4.22. The van der Waals surface area contributed by atoms with Crippen LogP contribution in [0.4, 0.5) is 0 Å². The molecule has 27 heavy (non-hydrogen) atoms. The third-order valence-electron chi connectivity index (χ3n) is 4.22. The highest BCUT2D eigenvalue weighted by Gasteiger charge is 2.35. The Kier molecular flexibility index (Phi) is 4.49. The van der Waals surface area contributed by atoms with Crippen molar-refractivity contribution >= 4 is 18.0 Å². The van der Waals surface area contributed by atoms with Gasteiger partial charge in [-0.1, -0.05) is 42.5 Å². The topological polar surface area (TPSA) is 59.0 Å². The molecule has 5 nitrogen and oxygen atoms in total. The number of carbonyl (C=O) groups is 2. The molecule has 0 saturated carbocycles. The molecule has 0 unspecified atom stereocenters. The van der Waals surface area contributed by atoms with Crippen molar-refractivity contribution in [1.82, 2.24) is 5.01 Å². The van der Waals surface area contributed by atoms with Gasteiger partial charge in [0.1, 0.15) is 12.4 Å². The Balaban J connectivity index is 1.42. The Bertz CT molecular complexity index is 976. The summed E-state index contributed by atoms with van der Waals surface area (Å²) in [6, 6.07) is 23.9. The molecular weight excluding hydrogens is 340 g/mol. The molecule has 5 heteroatoms. The molecule has 0 aromatic heterocycles. The number of hydrogen-bond donors (Lipinski definition) is 0. The Labute approximate surface area is 156 Å². The first-order valence-electron chi connectivity index (χ1n) is 8.51. The van der Waals surface area contributed by atoms with E-state index in [2.05, 4.69) is 5.10 Å². The molecule has 4 rings (SSSR count). The summed E-state index contributed by atoms with van der Waals surface area (Å²) in [7, 11) is 0. The van der Waals surface area contributed by atoms with E-state index >= 15 is 0 Å². The van der Waals surface area contributed by atoms with Gasteiger partial charge in [-0.3, -0.25) is 9.59 Å². The van der Waals surface area contributed by atoms with Gasteiger partial charge in [-0.25, -0.2) is 0 Å². The minimum Gasteiger partial charge on any atom is -0.489 e. The minimum absolute atomic E-state index is 0.379. The van der Waals surface area contributed by atoms with Crippen molar-refractivity contribution in [3.8, 4) is 5.75 Å². The van der Waals surface area contributed by atoms with Crippen LogP contribution in [-0.2, 0) is 6.61 Å². The molecule has 3 aromatic carbocycles. The molecule has 0 atom stereocenters. The van der Waals surface area contributed by atoms with E-state index in [4.69, 9.17) is 4.74 Å². The van der Waals surface area contributed by atoms with Crippen LogP contribution < -0.4 is 4.74 Å². The van der Waals surface area contributed by atoms with Crippen molar-refractivity contribution in [2.24, 2.45) is 5.10 Å². The Morgan fingerprint density at radius 1 is 0.778 bits per heavy atom. The zero-order valence-electron chi connectivity index (χ0n) is 14.4. The number of amides is 2. The zero-order chi connectivity index (χ0) is 18.6. The quantitative estimate of drug-likeness (QED) is 0.515. The van der Waals surface area contributed by atoms with Gasteiger partial charge in [0.15, 0.2) is 0 Å². The van der Waals surface area contributed by atoms with Crippen LogP contribution in [0.3, 0.4) is 0 Å². The molecule has 0 saturated heterocycles.